The van der Waals surface area contributed by atoms with Crippen molar-refractivity contribution in [1.82, 2.24) is 10.3 Å². The van der Waals surface area contributed by atoms with Gasteiger partial charge in [0.1, 0.15) is 17.5 Å². The number of hydrogen-bond acceptors (Lipinski definition) is 6. The lowest BCUT2D eigenvalue weighted by Gasteiger charge is -2.29. The fourth-order valence-electron chi connectivity index (χ4n) is 4.41. The Morgan fingerprint density at radius 1 is 1.08 bits per heavy atom. The Hall–Kier alpha value is -3.31. The highest BCUT2D eigenvalue weighted by atomic mass is 19.1. The highest BCUT2D eigenvalue weighted by Crippen LogP contribution is 2.29. The van der Waals surface area contributed by atoms with Crippen LogP contribution in [0.4, 0.5) is 18.9 Å². The smallest absolute Gasteiger partial charge is 0.242 e. The van der Waals surface area contributed by atoms with Crippen molar-refractivity contribution < 1.29 is 27.8 Å². The van der Waals surface area contributed by atoms with E-state index in [2.05, 4.69) is 15.6 Å². The number of amides is 1. The Balaban J connectivity index is 1.52. The van der Waals surface area contributed by atoms with Gasteiger partial charge in [-0.15, -0.1) is 0 Å². The summed E-state index contributed by atoms with van der Waals surface area (Å²) in [6.07, 6.45) is 3.01. The molecule has 3 atom stereocenters. The van der Waals surface area contributed by atoms with Gasteiger partial charge in [-0.2, -0.15) is 0 Å². The minimum Gasteiger partial charge on any atom is -0.395 e. The molecular weight excluding hydrogens is 485 g/mol. The van der Waals surface area contributed by atoms with Gasteiger partial charge in [0.05, 0.1) is 49.5 Å². The zero-order chi connectivity index (χ0) is 26.4. The first-order valence-electron chi connectivity index (χ1n) is 12.0. The van der Waals surface area contributed by atoms with Crippen LogP contribution in [0.5, 0.6) is 0 Å². The molecule has 2 heterocycles. The van der Waals surface area contributed by atoms with Crippen LogP contribution in [-0.2, 0) is 16.0 Å². The third-order valence-corrected chi connectivity index (χ3v) is 6.49. The molecule has 37 heavy (non-hydrogen) atoms. The summed E-state index contributed by atoms with van der Waals surface area (Å²) in [5.41, 5.74) is 7.98. The van der Waals surface area contributed by atoms with Crippen molar-refractivity contribution >= 4 is 11.6 Å². The number of aliphatic hydroxyl groups excluding tert-OH is 1. The summed E-state index contributed by atoms with van der Waals surface area (Å²) in [7, 11) is 0. The van der Waals surface area contributed by atoms with Crippen molar-refractivity contribution in [2.24, 2.45) is 5.73 Å². The van der Waals surface area contributed by atoms with Gasteiger partial charge in [-0.05, 0) is 48.2 Å². The van der Waals surface area contributed by atoms with Gasteiger partial charge in [0.2, 0.25) is 5.91 Å². The first-order chi connectivity index (χ1) is 17.9. The molecule has 4 rings (SSSR count). The van der Waals surface area contributed by atoms with E-state index in [1.54, 1.807) is 0 Å². The summed E-state index contributed by atoms with van der Waals surface area (Å²) in [5, 5.41) is 15.1. The van der Waals surface area contributed by atoms with Gasteiger partial charge in [0.15, 0.2) is 0 Å². The number of ether oxygens (including phenoxy) is 1. The Labute approximate surface area is 212 Å². The second kappa shape index (κ2) is 12.3. The SMILES string of the molecule is N[C@H](C(=O)Nc1cncc(F)c1CC[C@@H]1CN[C@H](CO)CO1)C(c1ccc(F)cc1)c1ccc(F)cc1. The predicted octanol–water partition coefficient (Wildman–Crippen LogP) is 2.88. The highest BCUT2D eigenvalue weighted by Gasteiger charge is 2.29. The summed E-state index contributed by atoms with van der Waals surface area (Å²) in [6.45, 7) is 0.840. The molecule has 0 bridgehead atoms. The van der Waals surface area contributed by atoms with E-state index in [-0.39, 0.29) is 36.4 Å². The molecule has 10 heteroatoms. The maximum Gasteiger partial charge on any atom is 0.242 e. The number of halogens is 3. The Bertz CT molecular complexity index is 1140. The molecule has 7 nitrogen and oxygen atoms in total. The van der Waals surface area contributed by atoms with E-state index in [1.165, 1.54) is 54.7 Å². The van der Waals surface area contributed by atoms with Gasteiger partial charge in [-0.3, -0.25) is 9.78 Å². The van der Waals surface area contributed by atoms with Crippen LogP contribution in [-0.4, -0.2) is 53.9 Å². The molecular formula is C27H29F3N4O3. The van der Waals surface area contributed by atoms with Crippen molar-refractivity contribution in [3.8, 4) is 0 Å². The van der Waals surface area contributed by atoms with Gasteiger partial charge in [-0.1, -0.05) is 24.3 Å². The molecule has 0 radical (unpaired) electrons. The second-order valence-corrected chi connectivity index (χ2v) is 9.03. The van der Waals surface area contributed by atoms with Crippen LogP contribution in [0.2, 0.25) is 0 Å². The number of aliphatic hydroxyl groups is 1. The van der Waals surface area contributed by atoms with Gasteiger partial charge in [0, 0.05) is 18.0 Å². The number of benzene rings is 2. The Kier molecular flexibility index (Phi) is 8.88. The summed E-state index contributed by atoms with van der Waals surface area (Å²) >= 11 is 0. The monoisotopic (exact) mass is 514 g/mol. The van der Waals surface area contributed by atoms with Crippen molar-refractivity contribution in [3.63, 3.8) is 0 Å². The van der Waals surface area contributed by atoms with E-state index in [9.17, 15) is 23.1 Å². The number of carbonyl (C=O) groups excluding carboxylic acids is 1. The number of rotatable bonds is 9. The quantitative estimate of drug-likeness (QED) is 0.350. The van der Waals surface area contributed by atoms with E-state index >= 15 is 0 Å². The highest BCUT2D eigenvalue weighted by molar-refractivity contribution is 5.96. The van der Waals surface area contributed by atoms with Gasteiger partial charge in [-0.25, -0.2) is 13.2 Å². The number of pyridine rings is 1. The van der Waals surface area contributed by atoms with Crippen molar-refractivity contribution in [2.75, 3.05) is 25.1 Å². The third-order valence-electron chi connectivity index (χ3n) is 6.49. The summed E-state index contributed by atoms with van der Waals surface area (Å²) < 4.78 is 47.6. The fraction of sp³-hybridized carbons (Fsp3) is 0.333. The minimum atomic E-state index is -1.16. The summed E-state index contributed by atoms with van der Waals surface area (Å²) in [6, 6.07) is 9.83. The molecule has 0 unspecified atom stereocenters. The molecule has 1 aromatic heterocycles. The minimum absolute atomic E-state index is 0.0288. The molecule has 1 aliphatic rings. The van der Waals surface area contributed by atoms with Gasteiger partial charge in [0.25, 0.3) is 0 Å². The lowest BCUT2D eigenvalue weighted by Crippen LogP contribution is -2.48. The molecule has 0 aliphatic carbocycles. The largest absolute Gasteiger partial charge is 0.395 e. The zero-order valence-electron chi connectivity index (χ0n) is 20.0. The Morgan fingerprint density at radius 3 is 2.24 bits per heavy atom. The number of nitrogens with one attached hydrogen (secondary N) is 2. The number of nitrogens with zero attached hydrogens (tertiary/aromatic N) is 1. The van der Waals surface area contributed by atoms with E-state index in [0.717, 1.165) is 6.20 Å². The molecule has 1 aliphatic heterocycles. The van der Waals surface area contributed by atoms with Crippen molar-refractivity contribution in [1.29, 1.82) is 0 Å². The molecule has 0 saturated carbocycles. The average Bonchev–Trinajstić information content (AvgIpc) is 2.91. The first-order valence-corrected chi connectivity index (χ1v) is 12.0. The molecule has 0 spiro atoms. The average molecular weight is 515 g/mol. The molecule has 196 valence electrons. The molecule has 1 amide bonds. The van der Waals surface area contributed by atoms with Crippen LogP contribution in [0.3, 0.4) is 0 Å². The number of anilines is 1. The van der Waals surface area contributed by atoms with E-state index in [1.807, 2.05) is 0 Å². The van der Waals surface area contributed by atoms with Crippen molar-refractivity contribution in [2.45, 2.75) is 36.9 Å². The number of hydrogen-bond donors (Lipinski definition) is 4. The molecule has 1 saturated heterocycles. The molecule has 3 aromatic rings. The molecule has 1 fully saturated rings. The normalized spacial score (nSPS) is 18.5. The third kappa shape index (κ3) is 6.72. The lowest BCUT2D eigenvalue weighted by atomic mass is 9.85. The summed E-state index contributed by atoms with van der Waals surface area (Å²) in [5.74, 6) is -2.78. The predicted molar refractivity (Wildman–Crippen MR) is 132 cm³/mol. The lowest BCUT2D eigenvalue weighted by molar-refractivity contribution is -0.117. The molecule has 2 aromatic carbocycles. The van der Waals surface area contributed by atoms with Crippen LogP contribution in [0.25, 0.3) is 0 Å². The van der Waals surface area contributed by atoms with E-state index in [0.29, 0.717) is 30.7 Å². The van der Waals surface area contributed by atoms with Crippen LogP contribution in [0.15, 0.2) is 60.9 Å². The Morgan fingerprint density at radius 2 is 1.70 bits per heavy atom. The number of aromatic nitrogens is 1. The number of nitrogens with two attached hydrogens (primary N) is 1. The topological polar surface area (TPSA) is 110 Å². The maximum atomic E-state index is 14.7. The van der Waals surface area contributed by atoms with Crippen molar-refractivity contribution in [3.05, 3.63) is 95.1 Å². The first kappa shape index (κ1) is 26.7. The van der Waals surface area contributed by atoms with Gasteiger partial charge < -0.3 is 26.2 Å². The summed E-state index contributed by atoms with van der Waals surface area (Å²) in [4.78, 5) is 17.1. The number of carbonyl (C=O) groups is 1. The standard InChI is InChI=1S/C27H29F3N4O3/c28-18-5-1-16(2-6-18)25(17-3-7-19(29)8-4-17)26(31)27(36)34-24-13-32-12-23(30)22(24)10-9-21-11-33-20(14-35)15-37-21/h1-8,12-13,20-21,25-26,33,35H,9-11,14-15,31H2,(H,34,36)/t20-,21-,26+/m1/s1. The van der Waals surface area contributed by atoms with Crippen LogP contribution in [0.1, 0.15) is 29.0 Å². The number of morpholine rings is 1. The van der Waals surface area contributed by atoms with E-state index in [4.69, 9.17) is 10.5 Å². The molecule has 5 N–H and O–H groups in total. The van der Waals surface area contributed by atoms with Gasteiger partial charge >= 0.3 is 0 Å². The van der Waals surface area contributed by atoms with Crippen LogP contribution < -0.4 is 16.4 Å². The fourth-order valence-corrected chi connectivity index (χ4v) is 4.41. The second-order valence-electron chi connectivity index (χ2n) is 9.03. The maximum absolute atomic E-state index is 14.7. The van der Waals surface area contributed by atoms with Crippen LogP contribution in [0, 0.1) is 17.5 Å². The van der Waals surface area contributed by atoms with Crippen LogP contribution >= 0.6 is 0 Å². The van der Waals surface area contributed by atoms with E-state index < -0.39 is 35.3 Å². The zero-order valence-corrected chi connectivity index (χ0v) is 20.0.